The largest absolute Gasteiger partial charge is 0.404 e. The zero-order valence-electron chi connectivity index (χ0n) is 7.92. The van der Waals surface area contributed by atoms with E-state index in [4.69, 9.17) is 0 Å². The standard InChI is InChI=1S/C7H5BrF4N2O2S/c8-5-1-4(9)2-13-6(5)14-17(15,16)3-7(10,11)12/h1-2H,3H2,(H,13,14). The second-order valence-corrected chi connectivity index (χ2v) is 5.54. The summed E-state index contributed by atoms with van der Waals surface area (Å²) in [6.07, 6.45) is -4.19. The number of alkyl halides is 3. The van der Waals surface area contributed by atoms with Crippen LogP contribution in [-0.2, 0) is 10.0 Å². The molecule has 0 aliphatic heterocycles. The summed E-state index contributed by atoms with van der Waals surface area (Å²) in [6.45, 7) is 0. The normalized spacial score (nSPS) is 12.5. The minimum Gasteiger partial charge on any atom is -0.266 e. The monoisotopic (exact) mass is 336 g/mol. The lowest BCUT2D eigenvalue weighted by Gasteiger charge is -2.10. The van der Waals surface area contributed by atoms with Crippen LogP contribution in [0, 0.1) is 5.82 Å². The van der Waals surface area contributed by atoms with Crippen molar-refractivity contribution in [2.75, 3.05) is 10.5 Å². The highest BCUT2D eigenvalue weighted by Crippen LogP contribution is 2.23. The van der Waals surface area contributed by atoms with Crippen LogP contribution in [0.4, 0.5) is 23.4 Å². The number of nitrogens with zero attached hydrogens (tertiary/aromatic N) is 1. The first kappa shape index (κ1) is 14.2. The molecule has 1 aromatic rings. The zero-order valence-corrected chi connectivity index (χ0v) is 10.3. The summed E-state index contributed by atoms with van der Waals surface area (Å²) in [5.41, 5.74) is 0. The molecule has 1 heterocycles. The first-order valence-corrected chi connectivity index (χ1v) is 6.42. The maximum absolute atomic E-state index is 12.6. The van der Waals surface area contributed by atoms with Crippen molar-refractivity contribution >= 4 is 31.8 Å². The van der Waals surface area contributed by atoms with E-state index in [0.29, 0.717) is 6.20 Å². The van der Waals surface area contributed by atoms with Gasteiger partial charge in [-0.3, -0.25) is 4.72 Å². The van der Waals surface area contributed by atoms with Crippen LogP contribution >= 0.6 is 15.9 Å². The van der Waals surface area contributed by atoms with Gasteiger partial charge >= 0.3 is 6.18 Å². The molecule has 0 amide bonds. The molecular weight excluding hydrogens is 332 g/mol. The second-order valence-electron chi connectivity index (χ2n) is 2.96. The van der Waals surface area contributed by atoms with E-state index < -0.39 is 33.6 Å². The second kappa shape index (κ2) is 4.77. The van der Waals surface area contributed by atoms with Gasteiger partial charge in [-0.25, -0.2) is 17.8 Å². The van der Waals surface area contributed by atoms with Crippen molar-refractivity contribution in [3.63, 3.8) is 0 Å². The summed E-state index contributed by atoms with van der Waals surface area (Å²) < 4.78 is 72.0. The van der Waals surface area contributed by atoms with Crippen LogP contribution in [0.5, 0.6) is 0 Å². The fraction of sp³-hybridized carbons (Fsp3) is 0.286. The number of hydrogen-bond donors (Lipinski definition) is 1. The van der Waals surface area contributed by atoms with Crippen LogP contribution in [0.2, 0.25) is 0 Å². The first-order chi connectivity index (χ1) is 7.59. The molecule has 1 aromatic heterocycles. The molecule has 0 fully saturated rings. The van der Waals surface area contributed by atoms with Crippen molar-refractivity contribution < 1.29 is 26.0 Å². The molecule has 0 radical (unpaired) electrons. The molecule has 0 saturated heterocycles. The Kier molecular flexibility index (Phi) is 3.97. The van der Waals surface area contributed by atoms with Gasteiger partial charge in [-0.05, 0) is 22.0 Å². The van der Waals surface area contributed by atoms with Crippen molar-refractivity contribution in [3.05, 3.63) is 22.6 Å². The van der Waals surface area contributed by atoms with Gasteiger partial charge in [-0.2, -0.15) is 13.2 Å². The highest BCUT2D eigenvalue weighted by Gasteiger charge is 2.35. The predicted octanol–water partition coefficient (Wildman–Crippen LogP) is 2.29. The fourth-order valence-electron chi connectivity index (χ4n) is 0.889. The van der Waals surface area contributed by atoms with Crippen molar-refractivity contribution in [2.45, 2.75) is 6.18 Å². The Morgan fingerprint density at radius 3 is 2.47 bits per heavy atom. The van der Waals surface area contributed by atoms with Gasteiger partial charge in [0.2, 0.25) is 10.0 Å². The van der Waals surface area contributed by atoms with Gasteiger partial charge in [0.15, 0.2) is 11.6 Å². The first-order valence-electron chi connectivity index (χ1n) is 3.97. The van der Waals surface area contributed by atoms with Crippen LogP contribution in [0.25, 0.3) is 0 Å². The predicted molar refractivity (Wildman–Crippen MR) is 55.4 cm³/mol. The van der Waals surface area contributed by atoms with Gasteiger partial charge in [0.25, 0.3) is 0 Å². The third-order valence-electron chi connectivity index (χ3n) is 1.41. The lowest BCUT2D eigenvalue weighted by molar-refractivity contribution is -0.106. The van der Waals surface area contributed by atoms with Crippen molar-refractivity contribution in [3.8, 4) is 0 Å². The molecule has 10 heteroatoms. The third kappa shape index (κ3) is 4.86. The third-order valence-corrected chi connectivity index (χ3v) is 3.23. The Labute approximate surface area is 102 Å². The number of halogens is 5. The Hall–Kier alpha value is -0.900. The van der Waals surface area contributed by atoms with E-state index in [-0.39, 0.29) is 4.47 Å². The van der Waals surface area contributed by atoms with Crippen molar-refractivity contribution in [1.82, 2.24) is 4.98 Å². The Morgan fingerprint density at radius 2 is 2.00 bits per heavy atom. The van der Waals surface area contributed by atoms with Crippen LogP contribution in [0.3, 0.4) is 0 Å². The highest BCUT2D eigenvalue weighted by molar-refractivity contribution is 9.10. The van der Waals surface area contributed by atoms with Gasteiger partial charge in [-0.1, -0.05) is 0 Å². The van der Waals surface area contributed by atoms with Crippen LogP contribution < -0.4 is 4.72 Å². The van der Waals surface area contributed by atoms with Crippen LogP contribution in [-0.4, -0.2) is 25.3 Å². The van der Waals surface area contributed by atoms with Gasteiger partial charge in [0.05, 0.1) is 10.7 Å². The Morgan fingerprint density at radius 1 is 1.41 bits per heavy atom. The lowest BCUT2D eigenvalue weighted by Crippen LogP contribution is -2.28. The van der Waals surface area contributed by atoms with Gasteiger partial charge in [0, 0.05) is 0 Å². The summed E-state index contributed by atoms with van der Waals surface area (Å²) >= 11 is 2.77. The summed E-state index contributed by atoms with van der Waals surface area (Å²) in [5, 5.41) is 0. The van der Waals surface area contributed by atoms with E-state index in [1.807, 2.05) is 0 Å². The van der Waals surface area contributed by atoms with Crippen LogP contribution in [0.15, 0.2) is 16.7 Å². The van der Waals surface area contributed by atoms with Gasteiger partial charge in [-0.15, -0.1) is 0 Å². The summed E-state index contributed by atoms with van der Waals surface area (Å²) in [5.74, 6) is -3.20. The molecule has 17 heavy (non-hydrogen) atoms. The molecule has 0 spiro atoms. The minimum absolute atomic E-state index is 0.0942. The van der Waals surface area contributed by atoms with E-state index in [1.165, 1.54) is 0 Å². The molecule has 1 N–H and O–H groups in total. The Balaban J connectivity index is 2.91. The average Bonchev–Trinajstić information content (AvgIpc) is 2.05. The summed E-state index contributed by atoms with van der Waals surface area (Å²) in [4.78, 5) is 3.31. The number of anilines is 1. The van der Waals surface area contributed by atoms with E-state index in [9.17, 15) is 26.0 Å². The van der Waals surface area contributed by atoms with E-state index in [1.54, 1.807) is 4.72 Å². The van der Waals surface area contributed by atoms with E-state index >= 15 is 0 Å². The maximum atomic E-state index is 12.6. The van der Waals surface area contributed by atoms with Gasteiger partial charge in [0.1, 0.15) is 5.82 Å². The van der Waals surface area contributed by atoms with Crippen LogP contribution in [0.1, 0.15) is 0 Å². The number of hydrogen-bond acceptors (Lipinski definition) is 3. The number of nitrogens with one attached hydrogen (secondary N) is 1. The molecule has 0 unspecified atom stereocenters. The SMILES string of the molecule is O=S(=O)(CC(F)(F)F)Nc1ncc(F)cc1Br. The number of sulfonamides is 1. The smallest absolute Gasteiger partial charge is 0.266 e. The topological polar surface area (TPSA) is 59.1 Å². The molecular formula is C7H5BrF4N2O2S. The van der Waals surface area contributed by atoms with E-state index in [0.717, 1.165) is 6.07 Å². The van der Waals surface area contributed by atoms with E-state index in [2.05, 4.69) is 20.9 Å². The van der Waals surface area contributed by atoms with Crippen molar-refractivity contribution in [1.29, 1.82) is 0 Å². The molecule has 0 saturated carbocycles. The quantitative estimate of drug-likeness (QED) is 0.861. The lowest BCUT2D eigenvalue weighted by atomic mass is 10.4. The molecule has 1 rings (SSSR count). The molecule has 0 aliphatic rings. The summed E-state index contributed by atoms with van der Waals surface area (Å²) in [6, 6.07) is 0.873. The molecule has 0 atom stereocenters. The number of pyridine rings is 1. The minimum atomic E-state index is -4.86. The molecule has 0 bridgehead atoms. The molecule has 0 aromatic carbocycles. The fourth-order valence-corrected chi connectivity index (χ4v) is 2.40. The maximum Gasteiger partial charge on any atom is 0.404 e. The average molecular weight is 337 g/mol. The Bertz CT molecular complexity index is 517. The molecule has 0 aliphatic carbocycles. The number of aromatic nitrogens is 1. The zero-order chi connectivity index (χ0) is 13.3. The number of rotatable bonds is 3. The highest BCUT2D eigenvalue weighted by atomic mass is 79.9. The molecule has 4 nitrogen and oxygen atoms in total. The van der Waals surface area contributed by atoms with Gasteiger partial charge < -0.3 is 0 Å². The molecule has 96 valence electrons. The summed E-state index contributed by atoms with van der Waals surface area (Å²) in [7, 11) is -4.62. The van der Waals surface area contributed by atoms with Crippen molar-refractivity contribution in [2.24, 2.45) is 0 Å².